The van der Waals surface area contributed by atoms with Gasteiger partial charge >= 0.3 is 5.97 Å². The highest BCUT2D eigenvalue weighted by Crippen LogP contribution is 2.34. The molecule has 1 aromatic rings. The van der Waals surface area contributed by atoms with E-state index < -0.39 is 5.97 Å². The number of halogens is 2. The van der Waals surface area contributed by atoms with E-state index in [0.717, 1.165) is 19.4 Å². The van der Waals surface area contributed by atoms with Crippen LogP contribution in [0.4, 0.5) is 0 Å². The molecule has 0 spiro atoms. The predicted octanol–water partition coefficient (Wildman–Crippen LogP) is 2.91. The van der Waals surface area contributed by atoms with Crippen molar-refractivity contribution in [3.8, 4) is 5.75 Å². The second kappa shape index (κ2) is 6.46. The van der Waals surface area contributed by atoms with Crippen molar-refractivity contribution in [3.05, 3.63) is 27.7 Å². The van der Waals surface area contributed by atoms with Crippen LogP contribution >= 0.6 is 23.2 Å². The van der Waals surface area contributed by atoms with Gasteiger partial charge in [-0.05, 0) is 31.5 Å². The Bertz CT molecular complexity index is 473. The van der Waals surface area contributed by atoms with Crippen LogP contribution in [0.2, 0.25) is 10.0 Å². The van der Waals surface area contributed by atoms with E-state index in [2.05, 4.69) is 5.32 Å². The third-order valence-corrected chi connectivity index (χ3v) is 3.66. The quantitative estimate of drug-likeness (QED) is 0.869. The minimum absolute atomic E-state index is 0.176. The Hall–Kier alpha value is -0.970. The van der Waals surface area contributed by atoms with Gasteiger partial charge in [-0.3, -0.25) is 0 Å². The SMILES string of the molecule is COc1c(Cl)ccc(Cl)c1C(=O)OCC1CCCN1. The van der Waals surface area contributed by atoms with Crippen molar-refractivity contribution in [2.75, 3.05) is 20.3 Å². The van der Waals surface area contributed by atoms with Gasteiger partial charge in [-0.25, -0.2) is 4.79 Å². The maximum Gasteiger partial charge on any atom is 0.343 e. The first-order chi connectivity index (χ1) is 9.13. The molecule has 1 unspecified atom stereocenters. The third-order valence-electron chi connectivity index (χ3n) is 3.05. The summed E-state index contributed by atoms with van der Waals surface area (Å²) in [7, 11) is 1.44. The number of rotatable bonds is 4. The van der Waals surface area contributed by atoms with E-state index in [1.54, 1.807) is 12.1 Å². The van der Waals surface area contributed by atoms with Crippen molar-refractivity contribution in [3.63, 3.8) is 0 Å². The number of ether oxygens (including phenoxy) is 2. The summed E-state index contributed by atoms with van der Waals surface area (Å²) in [5.41, 5.74) is 0.176. The second-order valence-corrected chi connectivity index (χ2v) is 5.14. The molecule has 0 amide bonds. The van der Waals surface area contributed by atoms with Crippen LogP contribution in [0.25, 0.3) is 0 Å². The third kappa shape index (κ3) is 3.32. The molecule has 6 heteroatoms. The Morgan fingerprint density at radius 2 is 2.16 bits per heavy atom. The number of carbonyl (C=O) groups excluding carboxylic acids is 1. The van der Waals surface area contributed by atoms with Crippen LogP contribution in [-0.4, -0.2) is 32.3 Å². The van der Waals surface area contributed by atoms with Gasteiger partial charge in [-0.15, -0.1) is 0 Å². The van der Waals surface area contributed by atoms with Crippen molar-refractivity contribution in [2.24, 2.45) is 0 Å². The summed E-state index contributed by atoms with van der Waals surface area (Å²) in [6, 6.07) is 3.35. The van der Waals surface area contributed by atoms with Crippen LogP contribution in [0.1, 0.15) is 23.2 Å². The van der Waals surface area contributed by atoms with E-state index in [4.69, 9.17) is 32.7 Å². The van der Waals surface area contributed by atoms with Gasteiger partial charge in [-0.1, -0.05) is 23.2 Å². The van der Waals surface area contributed by atoms with Crippen LogP contribution in [0.15, 0.2) is 12.1 Å². The molecule has 0 bridgehead atoms. The molecule has 4 nitrogen and oxygen atoms in total. The molecule has 1 atom stereocenters. The summed E-state index contributed by atoms with van der Waals surface area (Å²) < 4.78 is 10.4. The summed E-state index contributed by atoms with van der Waals surface area (Å²) in [5.74, 6) is -0.267. The highest BCUT2D eigenvalue weighted by atomic mass is 35.5. The molecule has 1 heterocycles. The number of methoxy groups -OCH3 is 1. The van der Waals surface area contributed by atoms with Gasteiger partial charge in [0.1, 0.15) is 12.2 Å². The molecule has 1 fully saturated rings. The lowest BCUT2D eigenvalue weighted by Crippen LogP contribution is -2.28. The van der Waals surface area contributed by atoms with Gasteiger partial charge in [0.05, 0.1) is 17.2 Å². The van der Waals surface area contributed by atoms with Gasteiger partial charge < -0.3 is 14.8 Å². The molecule has 1 saturated heterocycles. The van der Waals surface area contributed by atoms with Crippen molar-refractivity contribution in [1.29, 1.82) is 0 Å². The highest BCUT2D eigenvalue weighted by molar-refractivity contribution is 6.37. The fourth-order valence-corrected chi connectivity index (χ4v) is 2.53. The molecule has 0 aliphatic carbocycles. The van der Waals surface area contributed by atoms with Crippen molar-refractivity contribution < 1.29 is 14.3 Å². The largest absolute Gasteiger partial charge is 0.494 e. The molecule has 0 aromatic heterocycles. The first-order valence-corrected chi connectivity index (χ1v) is 6.81. The first kappa shape index (κ1) is 14.4. The monoisotopic (exact) mass is 303 g/mol. The van der Waals surface area contributed by atoms with Crippen LogP contribution in [-0.2, 0) is 4.74 Å². The topological polar surface area (TPSA) is 47.6 Å². The summed E-state index contributed by atoms with van der Waals surface area (Å²) in [4.78, 5) is 12.1. The van der Waals surface area contributed by atoms with E-state index >= 15 is 0 Å². The Balaban J connectivity index is 2.11. The maximum absolute atomic E-state index is 12.1. The Labute approximate surface area is 122 Å². The van der Waals surface area contributed by atoms with Gasteiger partial charge in [0, 0.05) is 6.04 Å². The molecule has 2 rings (SSSR count). The van der Waals surface area contributed by atoms with Gasteiger partial charge in [0.2, 0.25) is 0 Å². The Morgan fingerprint density at radius 1 is 1.42 bits per heavy atom. The summed E-state index contributed by atoms with van der Waals surface area (Å²) in [6.07, 6.45) is 2.11. The second-order valence-electron chi connectivity index (χ2n) is 4.33. The summed E-state index contributed by atoms with van der Waals surface area (Å²) >= 11 is 12.0. The Kier molecular flexibility index (Phi) is 4.91. The van der Waals surface area contributed by atoms with Crippen molar-refractivity contribution in [2.45, 2.75) is 18.9 Å². The van der Waals surface area contributed by atoms with Crippen LogP contribution in [0.5, 0.6) is 5.75 Å². The maximum atomic E-state index is 12.1. The van der Waals surface area contributed by atoms with E-state index in [1.165, 1.54) is 7.11 Å². The zero-order valence-electron chi connectivity index (χ0n) is 10.5. The fourth-order valence-electron chi connectivity index (χ4n) is 2.07. The molecular formula is C13H15Cl2NO3. The smallest absolute Gasteiger partial charge is 0.343 e. The zero-order chi connectivity index (χ0) is 13.8. The number of carbonyl (C=O) groups is 1. The lowest BCUT2D eigenvalue weighted by atomic mass is 10.2. The van der Waals surface area contributed by atoms with Crippen LogP contribution < -0.4 is 10.1 Å². The number of nitrogens with one attached hydrogen (secondary N) is 1. The van der Waals surface area contributed by atoms with Gasteiger partial charge in [0.25, 0.3) is 0 Å². The van der Waals surface area contributed by atoms with E-state index in [-0.39, 0.29) is 22.4 Å². The lowest BCUT2D eigenvalue weighted by Gasteiger charge is -2.14. The average molecular weight is 304 g/mol. The number of hydrogen-bond acceptors (Lipinski definition) is 4. The molecule has 104 valence electrons. The van der Waals surface area contributed by atoms with Gasteiger partial charge in [0.15, 0.2) is 5.75 Å². The van der Waals surface area contributed by atoms with E-state index in [9.17, 15) is 4.79 Å². The minimum Gasteiger partial charge on any atom is -0.494 e. The Morgan fingerprint density at radius 3 is 2.79 bits per heavy atom. The number of hydrogen-bond donors (Lipinski definition) is 1. The first-order valence-electron chi connectivity index (χ1n) is 6.06. The molecule has 0 saturated carbocycles. The molecule has 19 heavy (non-hydrogen) atoms. The van der Waals surface area contributed by atoms with E-state index in [1.807, 2.05) is 0 Å². The summed E-state index contributed by atoms with van der Waals surface area (Å²) in [5, 5.41) is 3.85. The van der Waals surface area contributed by atoms with Crippen molar-refractivity contribution in [1.82, 2.24) is 5.32 Å². The zero-order valence-corrected chi connectivity index (χ0v) is 12.1. The normalized spacial score (nSPS) is 18.4. The number of benzene rings is 1. The minimum atomic E-state index is -0.516. The standard InChI is InChI=1S/C13H15Cl2NO3/c1-18-12-10(15)5-4-9(14)11(12)13(17)19-7-8-3-2-6-16-8/h4-5,8,16H,2-3,6-7H2,1H3. The highest BCUT2D eigenvalue weighted by Gasteiger charge is 2.23. The average Bonchev–Trinajstić information content (AvgIpc) is 2.91. The molecule has 1 N–H and O–H groups in total. The molecule has 1 aliphatic rings. The van der Waals surface area contributed by atoms with Crippen molar-refractivity contribution >= 4 is 29.2 Å². The predicted molar refractivity (Wildman–Crippen MR) is 74.3 cm³/mol. The van der Waals surface area contributed by atoms with Gasteiger partial charge in [-0.2, -0.15) is 0 Å². The fraction of sp³-hybridized carbons (Fsp3) is 0.462. The number of esters is 1. The lowest BCUT2D eigenvalue weighted by molar-refractivity contribution is 0.0470. The van der Waals surface area contributed by atoms with Crippen LogP contribution in [0, 0.1) is 0 Å². The molecular weight excluding hydrogens is 289 g/mol. The van der Waals surface area contributed by atoms with E-state index in [0.29, 0.717) is 11.6 Å². The molecule has 0 radical (unpaired) electrons. The summed E-state index contributed by atoms with van der Waals surface area (Å²) in [6.45, 7) is 1.29. The van der Waals surface area contributed by atoms with Crippen LogP contribution in [0.3, 0.4) is 0 Å². The molecule has 1 aromatic carbocycles. The molecule has 1 aliphatic heterocycles.